The van der Waals surface area contributed by atoms with Gasteiger partial charge in [0.2, 0.25) is 0 Å². The maximum absolute atomic E-state index is 10.9. The SMILES string of the molecule is COC(=O)NCc1ncc(Cc2ccccc2)s1. The minimum absolute atomic E-state index is 0.409. The van der Waals surface area contributed by atoms with Gasteiger partial charge in [-0.1, -0.05) is 30.3 Å². The van der Waals surface area contributed by atoms with E-state index in [1.165, 1.54) is 17.6 Å². The molecule has 94 valence electrons. The lowest BCUT2D eigenvalue weighted by atomic mass is 10.1. The molecule has 0 saturated heterocycles. The van der Waals surface area contributed by atoms with Crippen LogP contribution in [0.2, 0.25) is 0 Å². The highest BCUT2D eigenvalue weighted by molar-refractivity contribution is 7.11. The molecule has 0 aliphatic carbocycles. The highest BCUT2D eigenvalue weighted by atomic mass is 32.1. The summed E-state index contributed by atoms with van der Waals surface area (Å²) in [5, 5.41) is 3.49. The zero-order chi connectivity index (χ0) is 12.8. The molecule has 0 saturated carbocycles. The van der Waals surface area contributed by atoms with Gasteiger partial charge in [0.25, 0.3) is 0 Å². The van der Waals surface area contributed by atoms with Gasteiger partial charge in [-0.05, 0) is 5.56 Å². The summed E-state index contributed by atoms with van der Waals surface area (Å²) in [6.45, 7) is 0.409. The van der Waals surface area contributed by atoms with Crippen molar-refractivity contribution in [2.75, 3.05) is 7.11 Å². The smallest absolute Gasteiger partial charge is 0.407 e. The minimum atomic E-state index is -0.435. The molecule has 1 heterocycles. The number of ether oxygens (including phenoxy) is 1. The van der Waals surface area contributed by atoms with E-state index >= 15 is 0 Å². The second-order valence-corrected chi connectivity index (χ2v) is 4.93. The molecule has 0 unspecified atom stereocenters. The molecular weight excluding hydrogens is 248 g/mol. The number of carbonyl (C=O) groups excluding carboxylic acids is 1. The van der Waals surface area contributed by atoms with Crippen molar-refractivity contribution in [3.05, 3.63) is 52.0 Å². The number of thiazole rings is 1. The Morgan fingerprint density at radius 2 is 2.17 bits per heavy atom. The number of alkyl carbamates (subject to hydrolysis) is 1. The number of aromatic nitrogens is 1. The van der Waals surface area contributed by atoms with Gasteiger partial charge >= 0.3 is 6.09 Å². The van der Waals surface area contributed by atoms with Crippen molar-refractivity contribution in [3.8, 4) is 0 Å². The van der Waals surface area contributed by atoms with E-state index in [0.717, 1.165) is 11.4 Å². The van der Waals surface area contributed by atoms with Crippen molar-refractivity contribution in [1.82, 2.24) is 10.3 Å². The van der Waals surface area contributed by atoms with E-state index in [9.17, 15) is 4.79 Å². The lowest BCUT2D eigenvalue weighted by Crippen LogP contribution is -2.22. The standard InChI is InChI=1S/C13H14N2O2S/c1-17-13(16)15-9-12-14-8-11(18-12)7-10-5-3-2-4-6-10/h2-6,8H,7,9H2,1H3,(H,15,16). The van der Waals surface area contributed by atoms with Gasteiger partial charge in [0, 0.05) is 17.5 Å². The molecule has 0 aliphatic heterocycles. The van der Waals surface area contributed by atoms with Crippen LogP contribution in [0.3, 0.4) is 0 Å². The summed E-state index contributed by atoms with van der Waals surface area (Å²) in [5.41, 5.74) is 1.26. The van der Waals surface area contributed by atoms with Gasteiger partial charge < -0.3 is 10.1 Å². The molecule has 1 N–H and O–H groups in total. The van der Waals surface area contributed by atoms with Crippen LogP contribution in [-0.4, -0.2) is 18.2 Å². The molecule has 0 spiro atoms. The molecule has 0 atom stereocenters. The summed E-state index contributed by atoms with van der Waals surface area (Å²) >= 11 is 1.60. The third kappa shape index (κ3) is 3.56. The number of hydrogen-bond donors (Lipinski definition) is 1. The van der Waals surface area contributed by atoms with E-state index in [4.69, 9.17) is 0 Å². The monoisotopic (exact) mass is 262 g/mol. The molecule has 5 heteroatoms. The van der Waals surface area contributed by atoms with E-state index in [2.05, 4.69) is 27.2 Å². The molecule has 0 fully saturated rings. The first-order valence-corrected chi connectivity index (χ1v) is 6.39. The average Bonchev–Trinajstić information content (AvgIpc) is 2.85. The van der Waals surface area contributed by atoms with Crippen molar-refractivity contribution < 1.29 is 9.53 Å². The number of hydrogen-bond acceptors (Lipinski definition) is 4. The first-order valence-electron chi connectivity index (χ1n) is 5.57. The summed E-state index contributed by atoms with van der Waals surface area (Å²) in [7, 11) is 1.35. The predicted octanol–water partition coefficient (Wildman–Crippen LogP) is 2.59. The van der Waals surface area contributed by atoms with Crippen molar-refractivity contribution in [2.24, 2.45) is 0 Å². The Bertz CT molecular complexity index is 511. The third-order valence-corrected chi connectivity index (χ3v) is 3.39. The van der Waals surface area contributed by atoms with E-state index in [1.54, 1.807) is 11.3 Å². The van der Waals surface area contributed by atoms with Crippen LogP contribution in [0.4, 0.5) is 4.79 Å². The second kappa shape index (κ2) is 6.16. The highest BCUT2D eigenvalue weighted by Crippen LogP contribution is 2.17. The Morgan fingerprint density at radius 1 is 1.39 bits per heavy atom. The molecule has 1 amide bonds. The molecule has 1 aromatic heterocycles. The van der Waals surface area contributed by atoms with Gasteiger partial charge in [-0.25, -0.2) is 9.78 Å². The molecule has 0 bridgehead atoms. The Morgan fingerprint density at radius 3 is 2.89 bits per heavy atom. The molecule has 2 aromatic rings. The van der Waals surface area contributed by atoms with E-state index in [1.807, 2.05) is 24.4 Å². The number of nitrogens with one attached hydrogen (secondary N) is 1. The number of nitrogens with zero attached hydrogens (tertiary/aromatic N) is 1. The summed E-state index contributed by atoms with van der Waals surface area (Å²) in [6.07, 6.45) is 2.29. The van der Waals surface area contributed by atoms with Crippen LogP contribution >= 0.6 is 11.3 Å². The first kappa shape index (κ1) is 12.6. The van der Waals surface area contributed by atoms with Gasteiger partial charge in [0.15, 0.2) is 0 Å². The van der Waals surface area contributed by atoms with E-state index in [0.29, 0.717) is 6.54 Å². The lowest BCUT2D eigenvalue weighted by Gasteiger charge is -1.99. The Hall–Kier alpha value is -1.88. The lowest BCUT2D eigenvalue weighted by molar-refractivity contribution is 0.170. The summed E-state index contributed by atoms with van der Waals surface area (Å²) in [5.74, 6) is 0. The quantitative estimate of drug-likeness (QED) is 0.921. The van der Waals surface area contributed by atoms with Crippen LogP contribution in [0.25, 0.3) is 0 Å². The second-order valence-electron chi connectivity index (χ2n) is 3.73. The topological polar surface area (TPSA) is 51.2 Å². The zero-order valence-corrected chi connectivity index (χ0v) is 10.9. The van der Waals surface area contributed by atoms with E-state index < -0.39 is 6.09 Å². The van der Waals surface area contributed by atoms with Gasteiger partial charge in [-0.2, -0.15) is 0 Å². The van der Waals surface area contributed by atoms with E-state index in [-0.39, 0.29) is 0 Å². The van der Waals surface area contributed by atoms with Crippen molar-refractivity contribution in [2.45, 2.75) is 13.0 Å². The first-order chi connectivity index (χ1) is 8.78. The number of methoxy groups -OCH3 is 1. The molecule has 18 heavy (non-hydrogen) atoms. The van der Waals surface area contributed by atoms with Gasteiger partial charge in [0.05, 0.1) is 13.7 Å². The largest absolute Gasteiger partial charge is 0.453 e. The number of carbonyl (C=O) groups is 1. The van der Waals surface area contributed by atoms with Gasteiger partial charge in [-0.3, -0.25) is 0 Å². The fourth-order valence-electron chi connectivity index (χ4n) is 1.53. The minimum Gasteiger partial charge on any atom is -0.453 e. The Balaban J connectivity index is 1.92. The van der Waals surface area contributed by atoms with Crippen LogP contribution in [0.1, 0.15) is 15.4 Å². The number of amides is 1. The molecule has 4 nitrogen and oxygen atoms in total. The summed E-state index contributed by atoms with van der Waals surface area (Å²) < 4.78 is 4.50. The van der Waals surface area contributed by atoms with Crippen LogP contribution in [0, 0.1) is 0 Å². The fraction of sp³-hybridized carbons (Fsp3) is 0.231. The van der Waals surface area contributed by atoms with Crippen molar-refractivity contribution in [1.29, 1.82) is 0 Å². The fourth-order valence-corrected chi connectivity index (χ4v) is 2.43. The maximum Gasteiger partial charge on any atom is 0.407 e. The van der Waals surface area contributed by atoms with Gasteiger partial charge in [0.1, 0.15) is 5.01 Å². The van der Waals surface area contributed by atoms with Crippen LogP contribution in [0.15, 0.2) is 36.5 Å². The third-order valence-electron chi connectivity index (χ3n) is 2.39. The molecule has 0 radical (unpaired) electrons. The highest BCUT2D eigenvalue weighted by Gasteiger charge is 2.05. The van der Waals surface area contributed by atoms with Crippen LogP contribution in [0.5, 0.6) is 0 Å². The van der Waals surface area contributed by atoms with Crippen LogP contribution < -0.4 is 5.32 Å². The molecule has 1 aromatic carbocycles. The maximum atomic E-state index is 10.9. The normalized spacial score (nSPS) is 10.1. The molecule has 0 aliphatic rings. The average molecular weight is 262 g/mol. The Kier molecular flexibility index (Phi) is 4.30. The summed E-state index contributed by atoms with van der Waals surface area (Å²) in [4.78, 5) is 16.4. The van der Waals surface area contributed by atoms with Crippen LogP contribution in [-0.2, 0) is 17.7 Å². The Labute approximate surface area is 110 Å². The molecule has 2 rings (SSSR count). The number of rotatable bonds is 4. The van der Waals surface area contributed by atoms with Gasteiger partial charge in [-0.15, -0.1) is 11.3 Å². The van der Waals surface area contributed by atoms with Crippen molar-refractivity contribution in [3.63, 3.8) is 0 Å². The number of benzene rings is 1. The summed E-state index contributed by atoms with van der Waals surface area (Å²) in [6, 6.07) is 10.2. The predicted molar refractivity (Wildman–Crippen MR) is 70.6 cm³/mol. The molecular formula is C13H14N2O2S. The zero-order valence-electron chi connectivity index (χ0n) is 10.1. The van der Waals surface area contributed by atoms with Crippen molar-refractivity contribution >= 4 is 17.4 Å².